The molecule has 0 fully saturated rings. The van der Waals surface area contributed by atoms with E-state index in [1.165, 1.54) is 13.8 Å². The quantitative estimate of drug-likeness (QED) is 0.163. The summed E-state index contributed by atoms with van der Waals surface area (Å²) in [5.74, 6) is 3.95. The van der Waals surface area contributed by atoms with Gasteiger partial charge in [-0.25, -0.2) is 0 Å². The van der Waals surface area contributed by atoms with Gasteiger partial charge in [-0.1, -0.05) is 50.6 Å². The number of rotatable bonds is 16. The van der Waals surface area contributed by atoms with Gasteiger partial charge in [-0.2, -0.15) is 0 Å². The number of hydrogen-bond acceptors (Lipinski definition) is 7. The van der Waals surface area contributed by atoms with E-state index in [2.05, 4.69) is 13.8 Å². The third-order valence-electron chi connectivity index (χ3n) is 6.21. The van der Waals surface area contributed by atoms with E-state index >= 15 is 0 Å². The van der Waals surface area contributed by atoms with Crippen molar-refractivity contribution < 1.29 is 28.5 Å². The average molecular weight is 565 g/mol. The van der Waals surface area contributed by atoms with E-state index in [0.717, 1.165) is 89.3 Å². The van der Waals surface area contributed by atoms with Crippen molar-refractivity contribution >= 4 is 22.7 Å². The van der Waals surface area contributed by atoms with E-state index in [0.29, 0.717) is 13.2 Å². The molecule has 6 nitrogen and oxygen atoms in total. The molecule has 0 spiro atoms. The van der Waals surface area contributed by atoms with Crippen molar-refractivity contribution in [3.05, 3.63) is 77.4 Å². The number of ether oxygens (including phenoxy) is 4. The Bertz CT molecular complexity index is 1250. The van der Waals surface area contributed by atoms with Gasteiger partial charge in [0.15, 0.2) is 5.12 Å². The summed E-state index contributed by atoms with van der Waals surface area (Å²) in [6, 6.07) is 19.2. The second-order valence-electron chi connectivity index (χ2n) is 9.56. The zero-order valence-electron chi connectivity index (χ0n) is 24.2. The number of ketones is 1. The van der Waals surface area contributed by atoms with Crippen molar-refractivity contribution in [3.8, 4) is 28.7 Å². The number of hydrogen-bond donors (Lipinski definition) is 0. The van der Waals surface area contributed by atoms with Crippen molar-refractivity contribution in [2.45, 2.75) is 65.0 Å². The molecule has 0 aromatic heterocycles. The van der Waals surface area contributed by atoms with Crippen LogP contribution in [-0.2, 0) is 22.4 Å². The largest absolute Gasteiger partial charge is 0.497 e. The minimum atomic E-state index is -0.485. The van der Waals surface area contributed by atoms with E-state index in [1.54, 1.807) is 7.11 Å². The molecule has 0 aliphatic rings. The molecule has 0 N–H and O–H groups in total. The van der Waals surface area contributed by atoms with Gasteiger partial charge in [0.25, 0.3) is 0 Å². The van der Waals surface area contributed by atoms with Crippen LogP contribution in [0.5, 0.6) is 28.7 Å². The number of carbonyl (C=O) groups excluding carboxylic acids is 2. The van der Waals surface area contributed by atoms with Gasteiger partial charge in [-0.15, -0.1) is 0 Å². The fraction of sp³-hybridized carbons (Fsp3) is 0.394. The van der Waals surface area contributed by atoms with Gasteiger partial charge in [-0.3, -0.25) is 9.59 Å². The summed E-state index contributed by atoms with van der Waals surface area (Å²) < 4.78 is 23.5. The van der Waals surface area contributed by atoms with Crippen molar-refractivity contribution in [2.75, 3.05) is 20.3 Å². The summed E-state index contributed by atoms with van der Waals surface area (Å²) >= 11 is 1.06. The summed E-state index contributed by atoms with van der Waals surface area (Å²) in [4.78, 5) is 23.8. The van der Waals surface area contributed by atoms with E-state index in [4.69, 9.17) is 18.9 Å². The van der Waals surface area contributed by atoms with Crippen molar-refractivity contribution in [3.63, 3.8) is 0 Å². The van der Waals surface area contributed by atoms with Crippen molar-refractivity contribution in [1.82, 2.24) is 0 Å². The molecule has 0 aliphatic heterocycles. The van der Waals surface area contributed by atoms with Crippen LogP contribution < -0.4 is 18.9 Å². The van der Waals surface area contributed by atoms with E-state index in [1.807, 2.05) is 60.7 Å². The van der Waals surface area contributed by atoms with Crippen LogP contribution in [0.1, 0.15) is 68.9 Å². The maximum atomic E-state index is 12.2. The molecule has 7 heteroatoms. The molecule has 0 aliphatic carbocycles. The molecule has 3 rings (SSSR count). The van der Waals surface area contributed by atoms with Crippen LogP contribution in [0.4, 0.5) is 0 Å². The highest BCUT2D eigenvalue weighted by atomic mass is 32.2. The van der Waals surface area contributed by atoms with Crippen LogP contribution in [0.25, 0.3) is 0 Å². The molecular weight excluding hydrogens is 524 g/mol. The normalized spacial score (nSPS) is 11.5. The lowest BCUT2D eigenvalue weighted by molar-refractivity contribution is -0.117. The second kappa shape index (κ2) is 16.0. The fourth-order valence-electron chi connectivity index (χ4n) is 4.35. The predicted molar refractivity (Wildman–Crippen MR) is 161 cm³/mol. The SMILES string of the molecule is CCCc1cc(Oc2ccc(OC)cc2)ccc1OCCCOc1ccc(C(SC(C)=O)C(C)=O)cc1CCC. The number of methoxy groups -OCH3 is 1. The number of Topliss-reactive ketones (excluding diaryl/α,β-unsaturated/α-hetero) is 1. The fourth-order valence-corrected chi connectivity index (χ4v) is 5.13. The van der Waals surface area contributed by atoms with Gasteiger partial charge in [0.05, 0.1) is 25.6 Å². The number of aryl methyl sites for hydroxylation is 2. The summed E-state index contributed by atoms with van der Waals surface area (Å²) in [6.07, 6.45) is 4.39. The van der Waals surface area contributed by atoms with Crippen LogP contribution >= 0.6 is 11.8 Å². The standard InChI is InChI=1S/C33H40O6S/c1-6-9-25-21-27(33(23(3)34)40-24(4)35)11-17-31(25)37-19-8-20-38-32-18-16-30(22-26(32)10-7-2)39-29-14-12-28(36-5)13-15-29/h11-18,21-22,33H,6-10,19-20H2,1-5H3. The monoisotopic (exact) mass is 564 g/mol. The molecule has 1 unspecified atom stereocenters. The minimum absolute atomic E-state index is 0.0313. The van der Waals surface area contributed by atoms with Gasteiger partial charge >= 0.3 is 0 Å². The molecule has 214 valence electrons. The molecule has 1 atom stereocenters. The Labute approximate surface area is 242 Å². The molecule has 0 saturated carbocycles. The Kier molecular flexibility index (Phi) is 12.4. The Morgan fingerprint density at radius 2 is 1.30 bits per heavy atom. The highest BCUT2D eigenvalue weighted by molar-refractivity contribution is 8.14. The topological polar surface area (TPSA) is 71.1 Å². The third-order valence-corrected chi connectivity index (χ3v) is 7.38. The second-order valence-corrected chi connectivity index (χ2v) is 10.8. The van der Waals surface area contributed by atoms with E-state index in [9.17, 15) is 9.59 Å². The number of thioether (sulfide) groups is 1. The van der Waals surface area contributed by atoms with Crippen molar-refractivity contribution in [1.29, 1.82) is 0 Å². The van der Waals surface area contributed by atoms with Crippen LogP contribution in [0.15, 0.2) is 60.7 Å². The van der Waals surface area contributed by atoms with Gasteiger partial charge in [0.2, 0.25) is 0 Å². The Morgan fingerprint density at radius 3 is 1.85 bits per heavy atom. The maximum Gasteiger partial charge on any atom is 0.186 e. The molecule has 0 radical (unpaired) electrons. The summed E-state index contributed by atoms with van der Waals surface area (Å²) in [7, 11) is 1.64. The van der Waals surface area contributed by atoms with Crippen LogP contribution in [0, 0.1) is 0 Å². The first-order valence-corrected chi connectivity index (χ1v) is 14.7. The van der Waals surface area contributed by atoms with Crippen molar-refractivity contribution in [2.24, 2.45) is 0 Å². The predicted octanol–water partition coefficient (Wildman–Crippen LogP) is 8.15. The first-order valence-electron chi connectivity index (χ1n) is 13.9. The minimum Gasteiger partial charge on any atom is -0.497 e. The van der Waals surface area contributed by atoms with Crippen LogP contribution in [0.2, 0.25) is 0 Å². The lowest BCUT2D eigenvalue weighted by Gasteiger charge is -2.17. The lowest BCUT2D eigenvalue weighted by atomic mass is 10.0. The Hall–Kier alpha value is -3.45. The van der Waals surface area contributed by atoms with Gasteiger partial charge < -0.3 is 18.9 Å². The molecule has 3 aromatic carbocycles. The molecule has 0 saturated heterocycles. The molecule has 3 aromatic rings. The van der Waals surface area contributed by atoms with Gasteiger partial charge in [0.1, 0.15) is 34.5 Å². The molecule has 0 heterocycles. The van der Waals surface area contributed by atoms with Gasteiger partial charge in [0, 0.05) is 13.3 Å². The van der Waals surface area contributed by atoms with Crippen LogP contribution in [-0.4, -0.2) is 31.2 Å². The van der Waals surface area contributed by atoms with Gasteiger partial charge in [-0.05, 0) is 85.0 Å². The highest BCUT2D eigenvalue weighted by Gasteiger charge is 2.21. The first-order chi connectivity index (χ1) is 19.3. The number of benzene rings is 3. The first kappa shape index (κ1) is 31.1. The zero-order chi connectivity index (χ0) is 28.9. The zero-order valence-corrected chi connectivity index (χ0v) is 25.0. The summed E-state index contributed by atoms with van der Waals surface area (Å²) in [6.45, 7) is 8.30. The average Bonchev–Trinajstić information content (AvgIpc) is 2.94. The Morgan fingerprint density at radius 1 is 0.750 bits per heavy atom. The molecule has 40 heavy (non-hydrogen) atoms. The maximum absolute atomic E-state index is 12.2. The van der Waals surface area contributed by atoms with E-state index < -0.39 is 5.25 Å². The van der Waals surface area contributed by atoms with Crippen LogP contribution in [0.3, 0.4) is 0 Å². The van der Waals surface area contributed by atoms with E-state index in [-0.39, 0.29) is 10.9 Å². The molecule has 0 amide bonds. The molecule has 0 bridgehead atoms. The lowest BCUT2D eigenvalue weighted by Crippen LogP contribution is -2.09. The molecular formula is C33H40O6S. The Balaban J connectivity index is 1.58. The summed E-state index contributed by atoms with van der Waals surface area (Å²) in [5.41, 5.74) is 3.00. The highest BCUT2D eigenvalue weighted by Crippen LogP contribution is 2.34. The number of carbonyl (C=O) groups is 2. The summed E-state index contributed by atoms with van der Waals surface area (Å²) in [5, 5.41) is -0.556. The third kappa shape index (κ3) is 9.33. The smallest absolute Gasteiger partial charge is 0.186 e.